The number of hydrogen-bond donors (Lipinski definition) is 2. The van der Waals surface area contributed by atoms with Crippen molar-refractivity contribution in [3.63, 3.8) is 0 Å². The van der Waals surface area contributed by atoms with Gasteiger partial charge in [0.05, 0.1) is 11.5 Å². The quantitative estimate of drug-likeness (QED) is 0.412. The minimum absolute atomic E-state index is 0.0554. The van der Waals surface area contributed by atoms with Crippen LogP contribution in [0, 0.1) is 12.7 Å². The van der Waals surface area contributed by atoms with E-state index in [0.29, 0.717) is 31.0 Å². The molecule has 0 unspecified atom stereocenters. The van der Waals surface area contributed by atoms with E-state index in [1.165, 1.54) is 6.07 Å². The third kappa shape index (κ3) is 7.38. The molecule has 0 aliphatic carbocycles. The summed E-state index contributed by atoms with van der Waals surface area (Å²) in [5.41, 5.74) is 2.22. The molecule has 0 aliphatic heterocycles. The first-order valence-electron chi connectivity index (χ1n) is 8.83. The zero-order valence-electron chi connectivity index (χ0n) is 15.7. The van der Waals surface area contributed by atoms with Crippen LogP contribution in [0.25, 0.3) is 0 Å². The molecular formula is C20H26FN3O2S. The van der Waals surface area contributed by atoms with Crippen molar-refractivity contribution in [3.8, 4) is 0 Å². The maximum atomic E-state index is 13.6. The Morgan fingerprint density at radius 3 is 2.48 bits per heavy atom. The Hall–Kier alpha value is -2.41. The average Bonchev–Trinajstić information content (AvgIpc) is 2.64. The molecule has 0 amide bonds. The molecule has 146 valence electrons. The standard InChI is InChI=1S/C20H26FN3O2S/c1-16-9-10-18(13-19(16)21)14-24-20(22-2)23-11-6-12-27(25,26)15-17-7-4-3-5-8-17/h3-5,7-10,13H,6,11-12,14-15H2,1-2H3,(H2,22,23,24). The van der Waals surface area contributed by atoms with Gasteiger partial charge >= 0.3 is 0 Å². The minimum atomic E-state index is -3.15. The van der Waals surface area contributed by atoms with Gasteiger partial charge in [-0.1, -0.05) is 42.5 Å². The number of benzene rings is 2. The molecular weight excluding hydrogens is 365 g/mol. The first kappa shape index (κ1) is 20.9. The number of hydrogen-bond acceptors (Lipinski definition) is 3. The predicted octanol–water partition coefficient (Wildman–Crippen LogP) is 2.80. The highest BCUT2D eigenvalue weighted by molar-refractivity contribution is 7.90. The summed E-state index contributed by atoms with van der Waals surface area (Å²) in [5, 5.41) is 6.18. The zero-order chi connectivity index (χ0) is 19.7. The van der Waals surface area contributed by atoms with Crippen molar-refractivity contribution in [1.82, 2.24) is 10.6 Å². The van der Waals surface area contributed by atoms with E-state index in [-0.39, 0.29) is 17.3 Å². The molecule has 7 heteroatoms. The van der Waals surface area contributed by atoms with Crippen molar-refractivity contribution in [2.45, 2.75) is 25.6 Å². The van der Waals surface area contributed by atoms with Crippen LogP contribution in [0.15, 0.2) is 53.5 Å². The second kappa shape index (κ2) is 10.1. The molecule has 27 heavy (non-hydrogen) atoms. The fourth-order valence-corrected chi connectivity index (χ4v) is 3.98. The fourth-order valence-electron chi connectivity index (χ4n) is 2.55. The van der Waals surface area contributed by atoms with Gasteiger partial charge in [-0.3, -0.25) is 4.99 Å². The molecule has 5 nitrogen and oxygen atoms in total. The summed E-state index contributed by atoms with van der Waals surface area (Å²) >= 11 is 0. The Morgan fingerprint density at radius 1 is 1.07 bits per heavy atom. The summed E-state index contributed by atoms with van der Waals surface area (Å²) in [6.07, 6.45) is 0.481. The lowest BCUT2D eigenvalue weighted by molar-refractivity contribution is 0.591. The molecule has 0 bridgehead atoms. The van der Waals surface area contributed by atoms with E-state index in [2.05, 4.69) is 15.6 Å². The molecule has 0 atom stereocenters. The first-order chi connectivity index (χ1) is 12.9. The summed E-state index contributed by atoms with van der Waals surface area (Å²) in [5.74, 6) is 0.479. The molecule has 2 rings (SSSR count). The van der Waals surface area contributed by atoms with E-state index in [1.54, 1.807) is 20.0 Å². The van der Waals surface area contributed by atoms with Gasteiger partial charge in [-0.05, 0) is 36.1 Å². The third-order valence-electron chi connectivity index (χ3n) is 4.07. The van der Waals surface area contributed by atoms with Gasteiger partial charge in [0.15, 0.2) is 15.8 Å². The van der Waals surface area contributed by atoms with E-state index in [1.807, 2.05) is 36.4 Å². The molecule has 0 radical (unpaired) electrons. The lowest BCUT2D eigenvalue weighted by Crippen LogP contribution is -2.37. The molecule has 0 saturated heterocycles. The van der Waals surface area contributed by atoms with Crippen molar-refractivity contribution in [3.05, 3.63) is 71.0 Å². The number of aliphatic imine (C=N–C) groups is 1. The van der Waals surface area contributed by atoms with Gasteiger partial charge in [0.1, 0.15) is 5.82 Å². The van der Waals surface area contributed by atoms with Gasteiger partial charge in [-0.2, -0.15) is 0 Å². The lowest BCUT2D eigenvalue weighted by Gasteiger charge is -2.12. The largest absolute Gasteiger partial charge is 0.356 e. The van der Waals surface area contributed by atoms with Gasteiger partial charge in [-0.25, -0.2) is 12.8 Å². The topological polar surface area (TPSA) is 70.6 Å². The monoisotopic (exact) mass is 391 g/mol. The highest BCUT2D eigenvalue weighted by Crippen LogP contribution is 2.09. The number of sulfone groups is 1. The van der Waals surface area contributed by atoms with Crippen LogP contribution in [0.1, 0.15) is 23.1 Å². The van der Waals surface area contributed by atoms with Crippen molar-refractivity contribution < 1.29 is 12.8 Å². The second-order valence-electron chi connectivity index (χ2n) is 6.37. The fraction of sp³-hybridized carbons (Fsp3) is 0.350. The van der Waals surface area contributed by atoms with Gasteiger partial charge in [0.25, 0.3) is 0 Å². The summed E-state index contributed by atoms with van der Waals surface area (Å²) in [4.78, 5) is 4.10. The molecule has 0 aromatic heterocycles. The van der Waals surface area contributed by atoms with Crippen LogP contribution in [0.3, 0.4) is 0 Å². The molecule has 2 N–H and O–H groups in total. The van der Waals surface area contributed by atoms with E-state index >= 15 is 0 Å². The Labute approximate surface area is 160 Å². The number of halogens is 1. The highest BCUT2D eigenvalue weighted by atomic mass is 32.2. The smallest absolute Gasteiger partial charge is 0.191 e. The van der Waals surface area contributed by atoms with Gasteiger partial charge in [0.2, 0.25) is 0 Å². The molecule has 2 aromatic rings. The number of aryl methyl sites for hydroxylation is 1. The van der Waals surface area contributed by atoms with Crippen molar-refractivity contribution in [2.24, 2.45) is 4.99 Å². The molecule has 0 spiro atoms. The maximum Gasteiger partial charge on any atom is 0.191 e. The van der Waals surface area contributed by atoms with Crippen LogP contribution in [0.5, 0.6) is 0 Å². The number of nitrogens with zero attached hydrogens (tertiary/aromatic N) is 1. The highest BCUT2D eigenvalue weighted by Gasteiger charge is 2.11. The molecule has 2 aromatic carbocycles. The Morgan fingerprint density at radius 2 is 1.81 bits per heavy atom. The Balaban J connectivity index is 1.73. The van der Waals surface area contributed by atoms with Gasteiger partial charge in [0, 0.05) is 20.1 Å². The van der Waals surface area contributed by atoms with E-state index in [0.717, 1.165) is 11.1 Å². The van der Waals surface area contributed by atoms with Crippen molar-refractivity contribution in [1.29, 1.82) is 0 Å². The molecule has 0 saturated carbocycles. The summed E-state index contributed by atoms with van der Waals surface area (Å²) < 4.78 is 37.9. The summed E-state index contributed by atoms with van der Waals surface area (Å²) in [6, 6.07) is 14.2. The van der Waals surface area contributed by atoms with Crippen LogP contribution < -0.4 is 10.6 Å². The first-order valence-corrected chi connectivity index (χ1v) is 10.7. The number of guanidine groups is 1. The van der Waals surface area contributed by atoms with Crippen LogP contribution in [0.4, 0.5) is 4.39 Å². The van der Waals surface area contributed by atoms with Gasteiger partial charge < -0.3 is 10.6 Å². The van der Waals surface area contributed by atoms with Crippen LogP contribution in [-0.2, 0) is 22.1 Å². The summed E-state index contributed by atoms with van der Waals surface area (Å²) in [6.45, 7) is 2.64. The van der Waals surface area contributed by atoms with Crippen molar-refractivity contribution in [2.75, 3.05) is 19.3 Å². The molecule has 0 fully saturated rings. The predicted molar refractivity (Wildman–Crippen MR) is 108 cm³/mol. The minimum Gasteiger partial charge on any atom is -0.356 e. The lowest BCUT2D eigenvalue weighted by atomic mass is 10.1. The van der Waals surface area contributed by atoms with Crippen LogP contribution in [0.2, 0.25) is 0 Å². The third-order valence-corrected chi connectivity index (χ3v) is 5.76. The Bertz CT molecular complexity index is 868. The molecule has 0 aliphatic rings. The number of nitrogens with one attached hydrogen (secondary N) is 2. The van der Waals surface area contributed by atoms with Gasteiger partial charge in [-0.15, -0.1) is 0 Å². The maximum absolute atomic E-state index is 13.6. The Kier molecular flexibility index (Phi) is 7.79. The number of rotatable bonds is 8. The van der Waals surface area contributed by atoms with E-state index in [4.69, 9.17) is 0 Å². The van der Waals surface area contributed by atoms with Crippen LogP contribution >= 0.6 is 0 Å². The van der Waals surface area contributed by atoms with E-state index < -0.39 is 9.84 Å². The second-order valence-corrected chi connectivity index (χ2v) is 8.55. The zero-order valence-corrected chi connectivity index (χ0v) is 16.5. The van der Waals surface area contributed by atoms with E-state index in [9.17, 15) is 12.8 Å². The summed E-state index contributed by atoms with van der Waals surface area (Å²) in [7, 11) is -1.51. The average molecular weight is 392 g/mol. The van der Waals surface area contributed by atoms with Crippen molar-refractivity contribution >= 4 is 15.8 Å². The molecule has 0 heterocycles. The normalized spacial score (nSPS) is 12.0. The SMILES string of the molecule is CN=C(NCCCS(=O)(=O)Cc1ccccc1)NCc1ccc(C)c(F)c1. The van der Waals surface area contributed by atoms with Crippen LogP contribution in [-0.4, -0.2) is 33.7 Å².